The summed E-state index contributed by atoms with van der Waals surface area (Å²) < 4.78 is 2.24. The Morgan fingerprint density at radius 3 is 3.17 bits per heavy atom. The van der Waals surface area contributed by atoms with Crippen LogP contribution in [0.25, 0.3) is 11.2 Å². The molecular formula is C14H20N4. The number of hydrogen-bond donors (Lipinski definition) is 1. The predicted molar refractivity (Wildman–Crippen MR) is 72.3 cm³/mol. The first kappa shape index (κ1) is 11.7. The van der Waals surface area contributed by atoms with Crippen molar-refractivity contribution in [1.82, 2.24) is 19.9 Å². The van der Waals surface area contributed by atoms with Gasteiger partial charge in [0.2, 0.25) is 0 Å². The molecule has 0 amide bonds. The topological polar surface area (TPSA) is 42.7 Å². The van der Waals surface area contributed by atoms with E-state index in [2.05, 4.69) is 28.7 Å². The van der Waals surface area contributed by atoms with Gasteiger partial charge in [-0.2, -0.15) is 0 Å². The lowest BCUT2D eigenvalue weighted by atomic mass is 9.94. The molecule has 2 aromatic heterocycles. The summed E-state index contributed by atoms with van der Waals surface area (Å²) in [6, 6.07) is 4.38. The number of aromatic nitrogens is 3. The zero-order chi connectivity index (χ0) is 12.5. The van der Waals surface area contributed by atoms with E-state index in [1.807, 2.05) is 18.3 Å². The highest BCUT2D eigenvalue weighted by atomic mass is 15.2. The summed E-state index contributed by atoms with van der Waals surface area (Å²) in [6.45, 7) is 6.50. The quantitative estimate of drug-likeness (QED) is 0.882. The molecule has 1 N–H and O–H groups in total. The molecule has 96 valence electrons. The van der Waals surface area contributed by atoms with Crippen LogP contribution in [0.5, 0.6) is 0 Å². The normalized spacial score (nSPS) is 24.6. The molecule has 2 atom stereocenters. The number of imidazole rings is 1. The largest absolute Gasteiger partial charge is 0.312 e. The number of hydrogen-bond acceptors (Lipinski definition) is 3. The molecule has 1 aliphatic rings. The first-order valence-corrected chi connectivity index (χ1v) is 6.84. The van der Waals surface area contributed by atoms with Crippen LogP contribution in [0.1, 0.15) is 38.6 Å². The molecule has 0 spiro atoms. The number of nitrogens with one attached hydrogen (secondary N) is 1. The Balaban J connectivity index is 2.05. The Morgan fingerprint density at radius 1 is 1.50 bits per heavy atom. The fourth-order valence-electron chi connectivity index (χ4n) is 2.86. The Bertz CT molecular complexity index is 546. The molecule has 0 aliphatic carbocycles. The third-order valence-corrected chi connectivity index (χ3v) is 3.83. The van der Waals surface area contributed by atoms with Gasteiger partial charge in [-0.1, -0.05) is 6.92 Å². The van der Waals surface area contributed by atoms with Crippen LogP contribution in [0, 0.1) is 5.92 Å². The van der Waals surface area contributed by atoms with E-state index in [9.17, 15) is 0 Å². The number of fused-ring (bicyclic) bond motifs is 1. The van der Waals surface area contributed by atoms with Crippen molar-refractivity contribution < 1.29 is 0 Å². The van der Waals surface area contributed by atoms with Gasteiger partial charge >= 0.3 is 0 Å². The van der Waals surface area contributed by atoms with Crippen LogP contribution < -0.4 is 5.32 Å². The monoisotopic (exact) mass is 244 g/mol. The average molecular weight is 244 g/mol. The van der Waals surface area contributed by atoms with Crippen molar-refractivity contribution in [2.75, 3.05) is 6.54 Å². The highest BCUT2D eigenvalue weighted by Gasteiger charge is 2.24. The maximum Gasteiger partial charge on any atom is 0.160 e. The number of aryl methyl sites for hydroxylation is 1. The summed E-state index contributed by atoms with van der Waals surface area (Å²) in [4.78, 5) is 9.24. The van der Waals surface area contributed by atoms with E-state index in [0.717, 1.165) is 36.0 Å². The Labute approximate surface area is 107 Å². The van der Waals surface area contributed by atoms with E-state index in [1.54, 1.807) is 0 Å². The lowest BCUT2D eigenvalue weighted by molar-refractivity contribution is 0.311. The molecule has 1 aliphatic heterocycles. The van der Waals surface area contributed by atoms with Crippen molar-refractivity contribution in [3.63, 3.8) is 0 Å². The number of pyridine rings is 1. The lowest BCUT2D eigenvalue weighted by Crippen LogP contribution is -2.32. The van der Waals surface area contributed by atoms with Gasteiger partial charge in [-0.25, -0.2) is 9.97 Å². The van der Waals surface area contributed by atoms with E-state index in [4.69, 9.17) is 4.98 Å². The molecule has 0 aromatic carbocycles. The third-order valence-electron chi connectivity index (χ3n) is 3.83. The highest BCUT2D eigenvalue weighted by Crippen LogP contribution is 2.28. The first-order valence-electron chi connectivity index (χ1n) is 6.84. The van der Waals surface area contributed by atoms with E-state index >= 15 is 0 Å². The highest BCUT2D eigenvalue weighted by molar-refractivity contribution is 5.71. The first-order chi connectivity index (χ1) is 8.79. The molecule has 3 heterocycles. The van der Waals surface area contributed by atoms with E-state index < -0.39 is 0 Å². The molecule has 0 radical (unpaired) electrons. The molecule has 18 heavy (non-hydrogen) atoms. The van der Waals surface area contributed by atoms with Gasteiger partial charge in [0.25, 0.3) is 0 Å². The Hall–Kier alpha value is -1.42. The van der Waals surface area contributed by atoms with Crippen molar-refractivity contribution in [3.8, 4) is 0 Å². The van der Waals surface area contributed by atoms with Crippen LogP contribution in [-0.4, -0.2) is 21.1 Å². The molecule has 0 saturated carbocycles. The SMILES string of the molecule is CCn1c(C2CC(C)CCN2)nc2cccnc21. The minimum absolute atomic E-state index is 0.378. The van der Waals surface area contributed by atoms with Crippen LogP contribution >= 0.6 is 0 Å². The van der Waals surface area contributed by atoms with Crippen molar-refractivity contribution >= 4 is 11.2 Å². The van der Waals surface area contributed by atoms with Gasteiger partial charge in [0.1, 0.15) is 11.3 Å². The number of piperidine rings is 1. The summed E-state index contributed by atoms with van der Waals surface area (Å²) in [5.41, 5.74) is 2.02. The molecule has 1 fully saturated rings. The van der Waals surface area contributed by atoms with Crippen LogP contribution in [0.4, 0.5) is 0 Å². The zero-order valence-corrected chi connectivity index (χ0v) is 11.1. The van der Waals surface area contributed by atoms with Crippen LogP contribution in [-0.2, 0) is 6.54 Å². The van der Waals surface area contributed by atoms with Crippen LogP contribution in [0.15, 0.2) is 18.3 Å². The van der Waals surface area contributed by atoms with Crippen molar-refractivity contribution in [3.05, 3.63) is 24.2 Å². The number of nitrogens with zero attached hydrogens (tertiary/aromatic N) is 3. The van der Waals surface area contributed by atoms with Gasteiger partial charge in [-0.05, 0) is 44.4 Å². The van der Waals surface area contributed by atoms with Gasteiger partial charge in [-0.15, -0.1) is 0 Å². The molecule has 2 aromatic rings. The van der Waals surface area contributed by atoms with Crippen molar-refractivity contribution in [1.29, 1.82) is 0 Å². The smallest absolute Gasteiger partial charge is 0.160 e. The maximum atomic E-state index is 4.78. The average Bonchev–Trinajstić information content (AvgIpc) is 2.77. The summed E-state index contributed by atoms with van der Waals surface area (Å²) in [6.07, 6.45) is 4.28. The van der Waals surface area contributed by atoms with Gasteiger partial charge in [0.05, 0.1) is 6.04 Å². The van der Waals surface area contributed by atoms with Gasteiger partial charge in [-0.3, -0.25) is 0 Å². The second-order valence-corrected chi connectivity index (χ2v) is 5.20. The Morgan fingerprint density at radius 2 is 2.39 bits per heavy atom. The van der Waals surface area contributed by atoms with Gasteiger partial charge in [0.15, 0.2) is 5.65 Å². The molecule has 3 rings (SSSR count). The number of rotatable bonds is 2. The summed E-state index contributed by atoms with van der Waals surface area (Å²) >= 11 is 0. The molecule has 2 unspecified atom stereocenters. The molecule has 0 bridgehead atoms. The predicted octanol–water partition coefficient (Wildman–Crippen LogP) is 2.51. The van der Waals surface area contributed by atoms with Crippen molar-refractivity contribution in [2.24, 2.45) is 5.92 Å². The summed E-state index contributed by atoms with van der Waals surface area (Å²) in [5.74, 6) is 1.92. The van der Waals surface area contributed by atoms with Gasteiger partial charge in [0, 0.05) is 12.7 Å². The second kappa shape index (κ2) is 4.69. The molecular weight excluding hydrogens is 224 g/mol. The molecule has 4 nitrogen and oxygen atoms in total. The third kappa shape index (κ3) is 1.90. The van der Waals surface area contributed by atoms with Crippen LogP contribution in [0.2, 0.25) is 0 Å². The second-order valence-electron chi connectivity index (χ2n) is 5.20. The Kier molecular flexibility index (Phi) is 3.04. The summed E-state index contributed by atoms with van der Waals surface area (Å²) in [7, 11) is 0. The fourth-order valence-corrected chi connectivity index (χ4v) is 2.86. The minimum atomic E-state index is 0.378. The zero-order valence-electron chi connectivity index (χ0n) is 11.1. The van der Waals surface area contributed by atoms with E-state index in [-0.39, 0.29) is 0 Å². The maximum absolute atomic E-state index is 4.78. The fraction of sp³-hybridized carbons (Fsp3) is 0.571. The van der Waals surface area contributed by atoms with Crippen LogP contribution in [0.3, 0.4) is 0 Å². The minimum Gasteiger partial charge on any atom is -0.312 e. The molecule has 1 saturated heterocycles. The lowest BCUT2D eigenvalue weighted by Gasteiger charge is -2.28. The summed E-state index contributed by atoms with van der Waals surface area (Å²) in [5, 5.41) is 3.59. The van der Waals surface area contributed by atoms with Gasteiger partial charge < -0.3 is 9.88 Å². The van der Waals surface area contributed by atoms with E-state index in [0.29, 0.717) is 6.04 Å². The van der Waals surface area contributed by atoms with E-state index in [1.165, 1.54) is 12.8 Å². The standard InChI is InChI=1S/C14H20N4/c1-3-18-13-11(5-4-7-16-13)17-14(18)12-9-10(2)6-8-15-12/h4-5,7,10,12,15H,3,6,8-9H2,1-2H3. The molecule has 4 heteroatoms. The van der Waals surface area contributed by atoms with Crippen molar-refractivity contribution in [2.45, 2.75) is 39.3 Å².